The number of hydrogen-bond acceptors (Lipinski definition) is 4. The molecule has 2 aliphatic rings. The van der Waals surface area contributed by atoms with Crippen molar-refractivity contribution in [3.8, 4) is 5.75 Å². The molecule has 0 aromatic heterocycles. The Bertz CT molecular complexity index is 653. The van der Waals surface area contributed by atoms with Gasteiger partial charge in [-0.2, -0.15) is 0 Å². The third-order valence-corrected chi connectivity index (χ3v) is 6.64. The normalized spacial score (nSPS) is 25.4. The molecule has 22 heavy (non-hydrogen) atoms. The number of carbonyl (C=O) groups is 1. The summed E-state index contributed by atoms with van der Waals surface area (Å²) >= 11 is 0. The van der Waals surface area contributed by atoms with Crippen LogP contribution in [-0.4, -0.2) is 49.4 Å². The minimum Gasteiger partial charge on any atom is -0.494 e. The first-order chi connectivity index (χ1) is 10.5. The predicted octanol–water partition coefficient (Wildman–Crippen LogP) is 1.88. The number of unbranched alkanes of at least 4 members (excludes halogenated alkanes) is 1. The van der Waals surface area contributed by atoms with E-state index in [2.05, 4.69) is 6.92 Å². The van der Waals surface area contributed by atoms with E-state index in [-0.39, 0.29) is 23.0 Å². The summed E-state index contributed by atoms with van der Waals surface area (Å²) < 4.78 is 29.1. The van der Waals surface area contributed by atoms with Gasteiger partial charge in [0.2, 0.25) is 0 Å². The Morgan fingerprint density at radius 3 is 2.59 bits per heavy atom. The molecule has 2 unspecified atom stereocenters. The van der Waals surface area contributed by atoms with Gasteiger partial charge >= 0.3 is 0 Å². The quantitative estimate of drug-likeness (QED) is 0.776. The highest BCUT2D eigenvalue weighted by Gasteiger charge is 2.50. The van der Waals surface area contributed by atoms with Crippen LogP contribution in [0.3, 0.4) is 0 Å². The molecule has 2 aliphatic heterocycles. The molecular weight excluding hydrogens is 302 g/mol. The van der Waals surface area contributed by atoms with Crippen molar-refractivity contribution in [1.29, 1.82) is 0 Å². The van der Waals surface area contributed by atoms with E-state index in [0.29, 0.717) is 25.1 Å². The third-order valence-electron chi connectivity index (χ3n) is 4.44. The maximum absolute atomic E-state index is 12.5. The molecule has 2 atom stereocenters. The summed E-state index contributed by atoms with van der Waals surface area (Å²) in [5, 5.41) is -0.363. The second-order valence-corrected chi connectivity index (χ2v) is 8.35. The van der Waals surface area contributed by atoms with E-state index in [0.717, 1.165) is 18.6 Å². The van der Waals surface area contributed by atoms with Gasteiger partial charge in [-0.15, -0.1) is 0 Å². The van der Waals surface area contributed by atoms with E-state index in [1.54, 1.807) is 29.2 Å². The van der Waals surface area contributed by atoms with Crippen LogP contribution in [0.4, 0.5) is 0 Å². The maximum Gasteiger partial charge on any atom is 0.254 e. The number of nitrogens with zero attached hydrogens (tertiary/aromatic N) is 1. The summed E-state index contributed by atoms with van der Waals surface area (Å²) in [7, 11) is -2.97. The van der Waals surface area contributed by atoms with Crippen molar-refractivity contribution in [2.75, 3.05) is 18.9 Å². The molecule has 0 N–H and O–H groups in total. The van der Waals surface area contributed by atoms with Crippen molar-refractivity contribution in [2.45, 2.75) is 37.5 Å². The van der Waals surface area contributed by atoms with Crippen molar-refractivity contribution in [1.82, 2.24) is 4.90 Å². The summed E-state index contributed by atoms with van der Waals surface area (Å²) in [6.07, 6.45) is 2.68. The molecule has 120 valence electrons. The summed E-state index contributed by atoms with van der Waals surface area (Å²) in [6, 6.07) is 6.96. The predicted molar refractivity (Wildman–Crippen MR) is 83.9 cm³/mol. The largest absolute Gasteiger partial charge is 0.494 e. The van der Waals surface area contributed by atoms with Crippen LogP contribution in [0.15, 0.2) is 24.3 Å². The molecule has 0 saturated carbocycles. The van der Waals surface area contributed by atoms with Gasteiger partial charge in [0, 0.05) is 18.2 Å². The second kappa shape index (κ2) is 5.91. The first kappa shape index (κ1) is 15.3. The van der Waals surface area contributed by atoms with Crippen molar-refractivity contribution in [3.05, 3.63) is 29.8 Å². The molecule has 0 radical (unpaired) electrons. The minimum absolute atomic E-state index is 0.0810. The van der Waals surface area contributed by atoms with Crippen LogP contribution < -0.4 is 4.74 Å². The highest BCUT2D eigenvalue weighted by atomic mass is 32.2. The Labute approximate surface area is 131 Å². The van der Waals surface area contributed by atoms with Crippen molar-refractivity contribution in [3.63, 3.8) is 0 Å². The molecule has 0 aliphatic carbocycles. The van der Waals surface area contributed by atoms with Gasteiger partial charge < -0.3 is 9.64 Å². The van der Waals surface area contributed by atoms with Gasteiger partial charge in [-0.25, -0.2) is 8.42 Å². The lowest BCUT2D eigenvalue weighted by atomic mass is 10.1. The third kappa shape index (κ3) is 2.84. The second-order valence-electron chi connectivity index (χ2n) is 6.02. The average Bonchev–Trinajstić information content (AvgIpc) is 3.03. The number of amides is 1. The van der Waals surface area contributed by atoms with Gasteiger partial charge in [-0.05, 0) is 37.1 Å². The number of fused-ring (bicyclic) bond motifs is 2. The zero-order chi connectivity index (χ0) is 15.7. The van der Waals surface area contributed by atoms with Gasteiger partial charge in [0.1, 0.15) is 5.75 Å². The fraction of sp³-hybridized carbons (Fsp3) is 0.562. The van der Waals surface area contributed by atoms with Gasteiger partial charge in [0.25, 0.3) is 5.91 Å². The van der Waals surface area contributed by atoms with Gasteiger partial charge in [-0.3, -0.25) is 4.79 Å². The zero-order valence-electron chi connectivity index (χ0n) is 12.7. The monoisotopic (exact) mass is 323 g/mol. The fourth-order valence-electron chi connectivity index (χ4n) is 3.14. The zero-order valence-corrected chi connectivity index (χ0v) is 13.5. The first-order valence-electron chi connectivity index (χ1n) is 7.76. The van der Waals surface area contributed by atoms with Gasteiger partial charge in [0.05, 0.1) is 17.6 Å². The summed E-state index contributed by atoms with van der Waals surface area (Å²) in [5.74, 6) is 0.791. The van der Waals surface area contributed by atoms with Crippen LogP contribution in [0, 0.1) is 0 Å². The smallest absolute Gasteiger partial charge is 0.254 e. The molecule has 5 nitrogen and oxygen atoms in total. The number of benzene rings is 1. The Hall–Kier alpha value is -1.56. The van der Waals surface area contributed by atoms with Crippen LogP contribution in [0.5, 0.6) is 5.75 Å². The summed E-state index contributed by atoms with van der Waals surface area (Å²) in [6.45, 7) is 3.12. The van der Waals surface area contributed by atoms with Crippen molar-refractivity contribution in [2.24, 2.45) is 0 Å². The van der Waals surface area contributed by atoms with E-state index in [4.69, 9.17) is 4.74 Å². The maximum atomic E-state index is 12.5. The SMILES string of the molecule is CCCCOc1ccc(C(=O)N2CC3CC2CS3(=O)=O)cc1. The van der Waals surface area contributed by atoms with E-state index in [1.165, 1.54) is 0 Å². The molecule has 2 heterocycles. The van der Waals surface area contributed by atoms with Crippen LogP contribution in [0.1, 0.15) is 36.5 Å². The molecule has 0 spiro atoms. The Kier molecular flexibility index (Phi) is 4.12. The Balaban J connectivity index is 1.64. The number of likely N-dealkylation sites (tertiary alicyclic amines) is 1. The first-order valence-corrected chi connectivity index (χ1v) is 9.48. The van der Waals surface area contributed by atoms with Crippen molar-refractivity contribution >= 4 is 15.7 Å². The van der Waals surface area contributed by atoms with Gasteiger partial charge in [-0.1, -0.05) is 13.3 Å². The number of carbonyl (C=O) groups excluding carboxylic acids is 1. The van der Waals surface area contributed by atoms with Crippen LogP contribution in [0.25, 0.3) is 0 Å². The van der Waals surface area contributed by atoms with Crippen LogP contribution in [-0.2, 0) is 9.84 Å². The summed E-state index contributed by atoms with van der Waals surface area (Å²) in [5.41, 5.74) is 0.591. The minimum atomic E-state index is -2.97. The standard InChI is InChI=1S/C16H21NO4S/c1-2-3-8-21-14-6-4-12(5-7-14)16(18)17-10-15-9-13(17)11-22(15,19)20/h4-7,13,15H,2-3,8-11H2,1H3. The lowest BCUT2D eigenvalue weighted by Crippen LogP contribution is -2.44. The van der Waals surface area contributed by atoms with E-state index in [1.807, 2.05) is 0 Å². The molecule has 2 fully saturated rings. The Morgan fingerprint density at radius 2 is 2.05 bits per heavy atom. The highest BCUT2D eigenvalue weighted by molar-refractivity contribution is 7.92. The molecular formula is C16H21NO4S. The average molecular weight is 323 g/mol. The molecule has 6 heteroatoms. The molecule has 3 rings (SSSR count). The van der Waals surface area contributed by atoms with Crippen molar-refractivity contribution < 1.29 is 17.9 Å². The van der Waals surface area contributed by atoms with Crippen LogP contribution in [0.2, 0.25) is 0 Å². The Morgan fingerprint density at radius 1 is 1.32 bits per heavy atom. The fourth-order valence-corrected chi connectivity index (χ4v) is 5.17. The molecule has 1 aromatic carbocycles. The number of ether oxygens (including phenoxy) is 1. The van der Waals surface area contributed by atoms with E-state index >= 15 is 0 Å². The lowest BCUT2D eigenvalue weighted by molar-refractivity contribution is 0.0746. The number of rotatable bonds is 5. The molecule has 1 aromatic rings. The van der Waals surface area contributed by atoms with E-state index in [9.17, 15) is 13.2 Å². The van der Waals surface area contributed by atoms with E-state index < -0.39 is 9.84 Å². The number of sulfone groups is 1. The summed E-state index contributed by atoms with van der Waals surface area (Å²) in [4.78, 5) is 14.2. The highest BCUT2D eigenvalue weighted by Crippen LogP contribution is 2.33. The topological polar surface area (TPSA) is 63.7 Å². The molecule has 2 bridgehead atoms. The molecule has 2 saturated heterocycles. The number of hydrogen-bond donors (Lipinski definition) is 0. The van der Waals surface area contributed by atoms with Crippen LogP contribution >= 0.6 is 0 Å². The lowest BCUT2D eigenvalue weighted by Gasteiger charge is -2.27. The molecule has 1 amide bonds. The van der Waals surface area contributed by atoms with Gasteiger partial charge in [0.15, 0.2) is 9.84 Å².